The van der Waals surface area contributed by atoms with Gasteiger partial charge in [-0.2, -0.15) is 0 Å². The van der Waals surface area contributed by atoms with Crippen LogP contribution in [0.2, 0.25) is 0 Å². The average molecular weight is 267 g/mol. The van der Waals surface area contributed by atoms with Gasteiger partial charge in [-0.25, -0.2) is 4.68 Å². The van der Waals surface area contributed by atoms with E-state index < -0.39 is 0 Å². The highest BCUT2D eigenvalue weighted by Crippen LogP contribution is 2.21. The van der Waals surface area contributed by atoms with Crippen molar-refractivity contribution in [3.05, 3.63) is 48.5 Å². The lowest BCUT2D eigenvalue weighted by atomic mass is 10.1. The molecular weight excluding hydrogens is 250 g/mol. The second-order valence-electron chi connectivity index (χ2n) is 4.69. The highest BCUT2D eigenvalue weighted by atomic mass is 15.4. The molecule has 0 aliphatic carbocycles. The lowest BCUT2D eigenvalue weighted by Gasteiger charge is -2.09. The largest absolute Gasteiger partial charge is 0.311 e. The Morgan fingerprint density at radius 1 is 1.20 bits per heavy atom. The van der Waals surface area contributed by atoms with Crippen molar-refractivity contribution in [2.45, 2.75) is 19.9 Å². The molecule has 0 amide bonds. The normalized spacial score (nSPS) is 11.1. The van der Waals surface area contributed by atoms with Gasteiger partial charge in [0.1, 0.15) is 0 Å². The zero-order chi connectivity index (χ0) is 13.8. The SMILES string of the molecule is CCCNCc1cnnn1-c1cccc2cnccc12. The van der Waals surface area contributed by atoms with Gasteiger partial charge in [-0.05, 0) is 25.1 Å². The second kappa shape index (κ2) is 5.79. The molecule has 5 heteroatoms. The summed E-state index contributed by atoms with van der Waals surface area (Å²) in [5.41, 5.74) is 2.10. The van der Waals surface area contributed by atoms with Gasteiger partial charge < -0.3 is 5.32 Å². The Morgan fingerprint density at radius 3 is 3.05 bits per heavy atom. The Balaban J connectivity index is 2.01. The molecule has 5 nitrogen and oxygen atoms in total. The van der Waals surface area contributed by atoms with Gasteiger partial charge in [-0.15, -0.1) is 5.10 Å². The Labute approximate surface area is 117 Å². The van der Waals surface area contributed by atoms with Crippen molar-refractivity contribution in [3.63, 3.8) is 0 Å². The van der Waals surface area contributed by atoms with Crippen molar-refractivity contribution in [1.82, 2.24) is 25.3 Å². The second-order valence-corrected chi connectivity index (χ2v) is 4.69. The first kappa shape index (κ1) is 12.7. The van der Waals surface area contributed by atoms with Crippen molar-refractivity contribution < 1.29 is 0 Å². The third-order valence-electron chi connectivity index (χ3n) is 3.24. The van der Waals surface area contributed by atoms with E-state index in [4.69, 9.17) is 0 Å². The molecule has 20 heavy (non-hydrogen) atoms. The van der Waals surface area contributed by atoms with Crippen molar-refractivity contribution in [3.8, 4) is 5.69 Å². The molecule has 0 aliphatic heterocycles. The van der Waals surface area contributed by atoms with E-state index >= 15 is 0 Å². The van der Waals surface area contributed by atoms with Crippen LogP contribution in [-0.4, -0.2) is 26.5 Å². The maximum absolute atomic E-state index is 4.22. The molecule has 1 N–H and O–H groups in total. The Hall–Kier alpha value is -2.27. The monoisotopic (exact) mass is 267 g/mol. The Bertz CT molecular complexity index is 699. The van der Waals surface area contributed by atoms with Gasteiger partial charge in [-0.3, -0.25) is 4.98 Å². The zero-order valence-corrected chi connectivity index (χ0v) is 11.5. The molecule has 1 aromatic carbocycles. The standard InChI is InChI=1S/C15H17N5/c1-2-7-16-10-13-11-18-19-20(13)15-5-3-4-12-9-17-8-6-14(12)15/h3-6,8-9,11,16H,2,7,10H2,1H3. The minimum Gasteiger partial charge on any atom is -0.311 e. The van der Waals surface area contributed by atoms with Crippen molar-refractivity contribution in [2.75, 3.05) is 6.54 Å². The first-order chi connectivity index (χ1) is 9.90. The molecule has 0 bridgehead atoms. The molecule has 0 radical (unpaired) electrons. The summed E-state index contributed by atoms with van der Waals surface area (Å²) < 4.78 is 1.89. The van der Waals surface area contributed by atoms with E-state index in [1.807, 2.05) is 29.2 Å². The van der Waals surface area contributed by atoms with Crippen LogP contribution in [0.3, 0.4) is 0 Å². The third-order valence-corrected chi connectivity index (χ3v) is 3.24. The summed E-state index contributed by atoms with van der Waals surface area (Å²) in [5.74, 6) is 0. The van der Waals surface area contributed by atoms with E-state index in [1.165, 1.54) is 0 Å². The summed E-state index contributed by atoms with van der Waals surface area (Å²) in [5, 5.41) is 13.9. The molecule has 3 aromatic rings. The van der Waals surface area contributed by atoms with Crippen molar-refractivity contribution in [1.29, 1.82) is 0 Å². The molecule has 0 saturated heterocycles. The molecule has 0 aliphatic rings. The average Bonchev–Trinajstić information content (AvgIpc) is 2.95. The molecule has 0 atom stereocenters. The van der Waals surface area contributed by atoms with Crippen LogP contribution in [0, 0.1) is 0 Å². The van der Waals surface area contributed by atoms with Crippen LogP contribution in [-0.2, 0) is 6.54 Å². The fourth-order valence-corrected chi connectivity index (χ4v) is 2.26. The van der Waals surface area contributed by atoms with Crippen LogP contribution in [0.15, 0.2) is 42.9 Å². The summed E-state index contributed by atoms with van der Waals surface area (Å²) in [4.78, 5) is 4.16. The van der Waals surface area contributed by atoms with Gasteiger partial charge in [0.05, 0.1) is 17.6 Å². The number of benzene rings is 1. The molecular formula is C15H17N5. The van der Waals surface area contributed by atoms with Crippen LogP contribution in [0.4, 0.5) is 0 Å². The maximum atomic E-state index is 4.22. The van der Waals surface area contributed by atoms with Crippen LogP contribution in [0.25, 0.3) is 16.5 Å². The quantitative estimate of drug-likeness (QED) is 0.721. The number of rotatable bonds is 5. The van der Waals surface area contributed by atoms with Gasteiger partial charge in [0.2, 0.25) is 0 Å². The van der Waals surface area contributed by atoms with Gasteiger partial charge in [0.15, 0.2) is 0 Å². The molecule has 0 unspecified atom stereocenters. The van der Waals surface area contributed by atoms with Crippen LogP contribution >= 0.6 is 0 Å². The lowest BCUT2D eigenvalue weighted by molar-refractivity contribution is 0.642. The van der Waals surface area contributed by atoms with E-state index in [2.05, 4.69) is 39.7 Å². The number of aromatic nitrogens is 4. The summed E-state index contributed by atoms with van der Waals surface area (Å²) in [7, 11) is 0. The van der Waals surface area contributed by atoms with E-state index in [0.717, 1.165) is 41.7 Å². The summed E-state index contributed by atoms with van der Waals surface area (Å²) in [6.45, 7) is 3.91. The number of fused-ring (bicyclic) bond motifs is 1. The fourth-order valence-electron chi connectivity index (χ4n) is 2.26. The highest BCUT2D eigenvalue weighted by molar-refractivity contribution is 5.89. The number of nitrogens with zero attached hydrogens (tertiary/aromatic N) is 4. The maximum Gasteiger partial charge on any atom is 0.0783 e. The molecule has 3 rings (SSSR count). The van der Waals surface area contributed by atoms with Gasteiger partial charge in [0.25, 0.3) is 0 Å². The van der Waals surface area contributed by atoms with Crippen LogP contribution in [0.5, 0.6) is 0 Å². The minimum absolute atomic E-state index is 0.766. The number of nitrogens with one attached hydrogen (secondary N) is 1. The van der Waals surface area contributed by atoms with Gasteiger partial charge in [0, 0.05) is 29.7 Å². The minimum atomic E-state index is 0.766. The van der Waals surface area contributed by atoms with E-state index in [9.17, 15) is 0 Å². The highest BCUT2D eigenvalue weighted by Gasteiger charge is 2.09. The van der Waals surface area contributed by atoms with Gasteiger partial charge >= 0.3 is 0 Å². The van der Waals surface area contributed by atoms with E-state index in [1.54, 1.807) is 6.20 Å². The predicted octanol–water partition coefficient (Wildman–Crippen LogP) is 2.32. The van der Waals surface area contributed by atoms with Crippen LogP contribution < -0.4 is 5.32 Å². The summed E-state index contributed by atoms with van der Waals surface area (Å²) in [6, 6.07) is 8.14. The fraction of sp³-hybridized carbons (Fsp3) is 0.267. The summed E-state index contributed by atoms with van der Waals surface area (Å²) >= 11 is 0. The first-order valence-corrected chi connectivity index (χ1v) is 6.83. The molecule has 0 saturated carbocycles. The molecule has 2 heterocycles. The zero-order valence-electron chi connectivity index (χ0n) is 11.5. The van der Waals surface area contributed by atoms with Crippen molar-refractivity contribution >= 4 is 10.8 Å². The topological polar surface area (TPSA) is 55.6 Å². The molecule has 102 valence electrons. The molecule has 2 aromatic heterocycles. The summed E-state index contributed by atoms with van der Waals surface area (Å²) in [6.07, 6.45) is 6.59. The van der Waals surface area contributed by atoms with Crippen LogP contribution in [0.1, 0.15) is 19.0 Å². The molecule has 0 spiro atoms. The smallest absolute Gasteiger partial charge is 0.0783 e. The predicted molar refractivity (Wildman–Crippen MR) is 78.7 cm³/mol. The Morgan fingerprint density at radius 2 is 2.15 bits per heavy atom. The number of pyridine rings is 1. The van der Waals surface area contributed by atoms with E-state index in [-0.39, 0.29) is 0 Å². The first-order valence-electron chi connectivity index (χ1n) is 6.83. The lowest BCUT2D eigenvalue weighted by Crippen LogP contribution is -2.16. The van der Waals surface area contributed by atoms with Crippen molar-refractivity contribution in [2.24, 2.45) is 0 Å². The third kappa shape index (κ3) is 2.40. The number of hydrogen-bond acceptors (Lipinski definition) is 4. The number of hydrogen-bond donors (Lipinski definition) is 1. The Kier molecular flexibility index (Phi) is 3.69. The molecule has 0 fully saturated rings. The van der Waals surface area contributed by atoms with E-state index in [0.29, 0.717) is 0 Å². The van der Waals surface area contributed by atoms with Gasteiger partial charge in [-0.1, -0.05) is 24.3 Å².